The van der Waals surface area contributed by atoms with Gasteiger partial charge in [-0.1, -0.05) is 0 Å². The van der Waals surface area contributed by atoms with Crippen molar-refractivity contribution in [2.75, 3.05) is 13.2 Å². The fraction of sp³-hybridized carbons (Fsp3) is 0.375. The van der Waals surface area contributed by atoms with E-state index in [1.165, 1.54) is 0 Å². The summed E-state index contributed by atoms with van der Waals surface area (Å²) in [5.74, 6) is -0.517. The second-order valence-corrected chi connectivity index (χ2v) is 4.88. The number of pyridine rings is 1. The summed E-state index contributed by atoms with van der Waals surface area (Å²) in [6.07, 6.45) is 7.40. The highest BCUT2D eigenvalue weighted by Crippen LogP contribution is 2.16. The highest BCUT2D eigenvalue weighted by atomic mass is 16.5. The predicted octanol–water partition coefficient (Wildman–Crippen LogP) is 1.40. The number of nitrogens with one attached hydrogen (secondary N) is 1. The molecule has 23 heavy (non-hydrogen) atoms. The lowest BCUT2D eigenvalue weighted by atomic mass is 10.1. The van der Waals surface area contributed by atoms with Crippen LogP contribution in [0.1, 0.15) is 19.8 Å². The monoisotopic (exact) mass is 316 g/mol. The Labute approximate surface area is 134 Å². The molecule has 0 aliphatic carbocycles. The van der Waals surface area contributed by atoms with Crippen LogP contribution in [0.5, 0.6) is 0 Å². The second-order valence-electron chi connectivity index (χ2n) is 4.88. The van der Waals surface area contributed by atoms with E-state index in [9.17, 15) is 9.59 Å². The Bertz CT molecular complexity index is 640. The predicted molar refractivity (Wildman–Crippen MR) is 84.3 cm³/mol. The molecule has 0 spiro atoms. The molecule has 0 radical (unpaired) electrons. The molecule has 0 fully saturated rings. The van der Waals surface area contributed by atoms with Crippen molar-refractivity contribution in [3.05, 3.63) is 36.9 Å². The summed E-state index contributed by atoms with van der Waals surface area (Å²) in [4.78, 5) is 26.8. The average Bonchev–Trinajstić information content (AvgIpc) is 3.03. The van der Waals surface area contributed by atoms with E-state index in [0.717, 1.165) is 11.1 Å². The van der Waals surface area contributed by atoms with Crippen molar-refractivity contribution < 1.29 is 14.3 Å². The first-order valence-electron chi connectivity index (χ1n) is 7.54. The molecule has 122 valence electrons. The van der Waals surface area contributed by atoms with E-state index in [-0.39, 0.29) is 24.7 Å². The Morgan fingerprint density at radius 3 is 2.74 bits per heavy atom. The van der Waals surface area contributed by atoms with Gasteiger partial charge in [-0.3, -0.25) is 19.3 Å². The summed E-state index contributed by atoms with van der Waals surface area (Å²) >= 11 is 0. The zero-order valence-electron chi connectivity index (χ0n) is 13.1. The molecule has 1 amide bonds. The molecule has 0 bridgehead atoms. The lowest BCUT2D eigenvalue weighted by molar-refractivity contribution is -0.144. The van der Waals surface area contributed by atoms with Crippen LogP contribution in [0, 0.1) is 0 Å². The number of rotatable bonds is 8. The van der Waals surface area contributed by atoms with Crippen molar-refractivity contribution in [3.63, 3.8) is 0 Å². The second kappa shape index (κ2) is 8.67. The van der Waals surface area contributed by atoms with Crippen molar-refractivity contribution in [2.45, 2.75) is 26.3 Å². The summed E-state index contributed by atoms with van der Waals surface area (Å²) in [6.45, 7) is 3.09. The number of hydrogen-bond donors (Lipinski definition) is 1. The van der Waals surface area contributed by atoms with E-state index in [1.807, 2.05) is 18.3 Å². The molecule has 0 aliphatic heterocycles. The van der Waals surface area contributed by atoms with Gasteiger partial charge in [-0.15, -0.1) is 0 Å². The SMILES string of the molecule is CCOC(=O)CCC(=O)NCCn1cc(-c2ccncc2)cn1. The fourth-order valence-electron chi connectivity index (χ4n) is 2.03. The Kier molecular flexibility index (Phi) is 6.28. The molecule has 2 aromatic heterocycles. The first-order valence-corrected chi connectivity index (χ1v) is 7.54. The number of amides is 1. The molecule has 1 N–H and O–H groups in total. The molecular weight excluding hydrogens is 296 g/mol. The molecule has 2 aromatic rings. The number of esters is 1. The van der Waals surface area contributed by atoms with Gasteiger partial charge in [0.05, 0.1) is 25.8 Å². The highest BCUT2D eigenvalue weighted by Gasteiger charge is 2.07. The topological polar surface area (TPSA) is 86.1 Å². The van der Waals surface area contributed by atoms with E-state index in [4.69, 9.17) is 4.74 Å². The van der Waals surface area contributed by atoms with Gasteiger partial charge in [0, 0.05) is 37.1 Å². The van der Waals surface area contributed by atoms with Gasteiger partial charge in [0.25, 0.3) is 0 Å². The van der Waals surface area contributed by atoms with Crippen LogP contribution in [0.25, 0.3) is 11.1 Å². The van der Waals surface area contributed by atoms with Crippen LogP contribution in [0.3, 0.4) is 0 Å². The largest absolute Gasteiger partial charge is 0.466 e. The molecule has 2 rings (SSSR count). The van der Waals surface area contributed by atoms with Crippen LogP contribution in [-0.2, 0) is 20.9 Å². The molecule has 2 heterocycles. The van der Waals surface area contributed by atoms with E-state index in [2.05, 4.69) is 15.4 Å². The quantitative estimate of drug-likeness (QED) is 0.744. The average molecular weight is 316 g/mol. The third-order valence-electron chi connectivity index (χ3n) is 3.17. The van der Waals surface area contributed by atoms with E-state index >= 15 is 0 Å². The number of carbonyl (C=O) groups excluding carboxylic acids is 2. The molecule has 7 heteroatoms. The van der Waals surface area contributed by atoms with Crippen molar-refractivity contribution >= 4 is 11.9 Å². The Morgan fingerprint density at radius 2 is 2.00 bits per heavy atom. The minimum absolute atomic E-state index is 0.105. The molecule has 0 saturated carbocycles. The van der Waals surface area contributed by atoms with Gasteiger partial charge >= 0.3 is 5.97 Å². The van der Waals surface area contributed by atoms with Crippen molar-refractivity contribution in [3.8, 4) is 11.1 Å². The van der Waals surface area contributed by atoms with Gasteiger partial charge in [0.15, 0.2) is 0 Å². The summed E-state index contributed by atoms with van der Waals surface area (Å²) < 4.78 is 6.54. The number of hydrogen-bond acceptors (Lipinski definition) is 5. The first-order chi connectivity index (χ1) is 11.2. The van der Waals surface area contributed by atoms with Crippen LogP contribution < -0.4 is 5.32 Å². The number of carbonyl (C=O) groups is 2. The fourth-order valence-corrected chi connectivity index (χ4v) is 2.03. The van der Waals surface area contributed by atoms with Gasteiger partial charge in [-0.05, 0) is 24.6 Å². The maximum absolute atomic E-state index is 11.6. The summed E-state index contributed by atoms with van der Waals surface area (Å²) in [6, 6.07) is 3.83. The minimum atomic E-state index is -0.350. The third kappa shape index (κ3) is 5.54. The van der Waals surface area contributed by atoms with Crippen LogP contribution >= 0.6 is 0 Å². The smallest absolute Gasteiger partial charge is 0.306 e. The normalized spacial score (nSPS) is 10.3. The maximum atomic E-state index is 11.6. The molecule has 0 aliphatic rings. The summed E-state index contributed by atoms with van der Waals surface area (Å²) in [5, 5.41) is 7.02. The lowest BCUT2D eigenvalue weighted by Gasteiger charge is -2.05. The van der Waals surface area contributed by atoms with Crippen LogP contribution in [-0.4, -0.2) is 39.8 Å². The molecule has 0 unspecified atom stereocenters. The minimum Gasteiger partial charge on any atom is -0.466 e. The molecular formula is C16H20N4O3. The zero-order valence-corrected chi connectivity index (χ0v) is 13.1. The van der Waals surface area contributed by atoms with E-state index in [1.54, 1.807) is 30.2 Å². The van der Waals surface area contributed by atoms with Gasteiger partial charge < -0.3 is 10.1 Å². The van der Waals surface area contributed by atoms with Crippen LogP contribution in [0.2, 0.25) is 0 Å². The summed E-state index contributed by atoms with van der Waals surface area (Å²) in [7, 11) is 0. The Hall–Kier alpha value is -2.70. The standard InChI is InChI=1S/C16H20N4O3/c1-2-23-16(22)4-3-15(21)18-9-10-20-12-14(11-19-20)13-5-7-17-8-6-13/h5-8,11-12H,2-4,9-10H2,1H3,(H,18,21). The van der Waals surface area contributed by atoms with Gasteiger partial charge in [0.2, 0.25) is 5.91 Å². The molecule has 0 saturated heterocycles. The van der Waals surface area contributed by atoms with E-state index in [0.29, 0.717) is 19.7 Å². The number of nitrogens with zero attached hydrogens (tertiary/aromatic N) is 3. The maximum Gasteiger partial charge on any atom is 0.306 e. The first kappa shape index (κ1) is 16.7. The highest BCUT2D eigenvalue weighted by molar-refractivity contribution is 5.81. The van der Waals surface area contributed by atoms with Gasteiger partial charge in [0.1, 0.15) is 0 Å². The third-order valence-corrected chi connectivity index (χ3v) is 3.17. The Balaban J connectivity index is 1.71. The van der Waals surface area contributed by atoms with E-state index < -0.39 is 0 Å². The van der Waals surface area contributed by atoms with Gasteiger partial charge in [-0.2, -0.15) is 5.10 Å². The summed E-state index contributed by atoms with van der Waals surface area (Å²) in [5.41, 5.74) is 2.05. The Morgan fingerprint density at radius 1 is 1.22 bits per heavy atom. The lowest BCUT2D eigenvalue weighted by Crippen LogP contribution is -2.27. The molecule has 7 nitrogen and oxygen atoms in total. The molecule has 0 aromatic carbocycles. The number of ether oxygens (including phenoxy) is 1. The van der Waals surface area contributed by atoms with Crippen molar-refractivity contribution in [1.29, 1.82) is 0 Å². The van der Waals surface area contributed by atoms with Crippen LogP contribution in [0.4, 0.5) is 0 Å². The van der Waals surface area contributed by atoms with Crippen molar-refractivity contribution in [1.82, 2.24) is 20.1 Å². The van der Waals surface area contributed by atoms with Crippen LogP contribution in [0.15, 0.2) is 36.9 Å². The number of aromatic nitrogens is 3. The van der Waals surface area contributed by atoms with Gasteiger partial charge in [-0.25, -0.2) is 0 Å². The van der Waals surface area contributed by atoms with Crippen molar-refractivity contribution in [2.24, 2.45) is 0 Å². The zero-order chi connectivity index (χ0) is 16.5. The molecule has 0 atom stereocenters.